The topological polar surface area (TPSA) is 75.9 Å². The van der Waals surface area contributed by atoms with E-state index in [1.54, 1.807) is 24.4 Å². The number of hydrogen-bond donors (Lipinski definition) is 3. The molecule has 4 N–H and O–H groups in total. The third-order valence-electron chi connectivity index (χ3n) is 4.97. The number of aromatic nitrogens is 2. The summed E-state index contributed by atoms with van der Waals surface area (Å²) in [4.78, 5) is 9.09. The number of anilines is 3. The van der Waals surface area contributed by atoms with Crippen LogP contribution in [0, 0.1) is 19.7 Å². The Labute approximate surface area is 171 Å². The summed E-state index contributed by atoms with van der Waals surface area (Å²) in [5.74, 6) is 1.25. The van der Waals surface area contributed by atoms with Gasteiger partial charge in [-0.2, -0.15) is 0 Å². The number of rotatable bonds is 7. The van der Waals surface area contributed by atoms with E-state index in [2.05, 4.69) is 28.6 Å². The van der Waals surface area contributed by atoms with Crippen molar-refractivity contribution < 1.29 is 4.39 Å². The molecule has 0 aliphatic heterocycles. The molecule has 0 aliphatic rings. The van der Waals surface area contributed by atoms with Crippen molar-refractivity contribution in [2.75, 3.05) is 10.6 Å². The van der Waals surface area contributed by atoms with E-state index in [9.17, 15) is 4.39 Å². The highest BCUT2D eigenvalue weighted by molar-refractivity contribution is 5.69. The molecule has 3 aromatic rings. The molecule has 2 aromatic heterocycles. The zero-order valence-electron chi connectivity index (χ0n) is 17.3. The molecule has 0 saturated carbocycles. The maximum Gasteiger partial charge on any atom is 0.135 e. The summed E-state index contributed by atoms with van der Waals surface area (Å²) >= 11 is 0. The summed E-state index contributed by atoms with van der Waals surface area (Å²) in [6, 6.07) is 12.5. The lowest BCUT2D eigenvalue weighted by Gasteiger charge is -2.23. The van der Waals surface area contributed by atoms with E-state index in [-0.39, 0.29) is 17.9 Å². The molecule has 3 rings (SSSR count). The third kappa shape index (κ3) is 4.90. The van der Waals surface area contributed by atoms with E-state index in [0.29, 0.717) is 11.3 Å². The van der Waals surface area contributed by atoms with Crippen LogP contribution in [-0.2, 0) is 0 Å². The lowest BCUT2D eigenvalue weighted by molar-refractivity contribution is 0.577. The van der Waals surface area contributed by atoms with Gasteiger partial charge in [-0.25, -0.2) is 9.37 Å². The standard InChI is InChI=1S/C23H28FN5/c1-5-20(16(4)25)28-23-15(3)12-14(2)22(29-23)27-17-10-11-26-21(13-17)18-8-6-7-9-19(18)24/h6-13,16,20H,5,25H2,1-4H3,(H2,26,27,28,29)/t16-,20+/m0/s1. The van der Waals surface area contributed by atoms with E-state index in [1.165, 1.54) is 6.07 Å². The van der Waals surface area contributed by atoms with Gasteiger partial charge >= 0.3 is 0 Å². The number of aryl methyl sites for hydroxylation is 2. The van der Waals surface area contributed by atoms with Gasteiger partial charge in [-0.3, -0.25) is 4.98 Å². The van der Waals surface area contributed by atoms with Gasteiger partial charge in [0, 0.05) is 29.5 Å². The molecule has 0 saturated heterocycles. The van der Waals surface area contributed by atoms with Crippen LogP contribution >= 0.6 is 0 Å². The van der Waals surface area contributed by atoms with Crippen LogP contribution in [0.3, 0.4) is 0 Å². The number of benzene rings is 1. The minimum atomic E-state index is -0.296. The van der Waals surface area contributed by atoms with Crippen molar-refractivity contribution in [3.05, 3.63) is 65.6 Å². The van der Waals surface area contributed by atoms with Gasteiger partial charge in [0.05, 0.1) is 5.69 Å². The summed E-state index contributed by atoms with van der Waals surface area (Å²) < 4.78 is 14.1. The van der Waals surface area contributed by atoms with Gasteiger partial charge in [0.1, 0.15) is 17.5 Å². The van der Waals surface area contributed by atoms with E-state index in [0.717, 1.165) is 34.9 Å². The number of nitrogens with two attached hydrogens (primary N) is 1. The molecule has 152 valence electrons. The third-order valence-corrected chi connectivity index (χ3v) is 4.97. The van der Waals surface area contributed by atoms with E-state index in [1.807, 2.05) is 32.9 Å². The molecule has 2 atom stereocenters. The average Bonchev–Trinajstić information content (AvgIpc) is 2.69. The molecule has 0 fully saturated rings. The normalized spacial score (nSPS) is 13.0. The molecular weight excluding hydrogens is 365 g/mol. The quantitative estimate of drug-likeness (QED) is 0.516. The van der Waals surface area contributed by atoms with Crippen molar-refractivity contribution in [2.45, 2.75) is 46.2 Å². The molecular formula is C23H28FN5. The van der Waals surface area contributed by atoms with Crippen LogP contribution in [-0.4, -0.2) is 22.1 Å². The first kappa shape index (κ1) is 20.7. The molecule has 0 bridgehead atoms. The molecule has 0 radical (unpaired) electrons. The molecule has 0 aliphatic carbocycles. The summed E-state index contributed by atoms with van der Waals surface area (Å²) in [7, 11) is 0. The SMILES string of the molecule is CC[C@@H](Nc1nc(Nc2ccnc(-c3ccccc3F)c2)c(C)cc1C)[C@H](C)N. The maximum atomic E-state index is 14.1. The van der Waals surface area contributed by atoms with Crippen LogP contribution in [0.1, 0.15) is 31.4 Å². The fourth-order valence-corrected chi connectivity index (χ4v) is 3.26. The zero-order valence-corrected chi connectivity index (χ0v) is 17.3. The molecule has 0 unspecified atom stereocenters. The Bertz CT molecular complexity index is 987. The Morgan fingerprint density at radius 3 is 2.48 bits per heavy atom. The van der Waals surface area contributed by atoms with Gasteiger partial charge in [-0.1, -0.05) is 19.1 Å². The first-order valence-electron chi connectivity index (χ1n) is 9.87. The average molecular weight is 394 g/mol. The highest BCUT2D eigenvalue weighted by Gasteiger charge is 2.15. The second-order valence-electron chi connectivity index (χ2n) is 7.37. The molecule has 5 nitrogen and oxygen atoms in total. The number of nitrogens with one attached hydrogen (secondary N) is 2. The smallest absolute Gasteiger partial charge is 0.135 e. The number of hydrogen-bond acceptors (Lipinski definition) is 5. The number of nitrogens with zero attached hydrogens (tertiary/aromatic N) is 2. The van der Waals surface area contributed by atoms with E-state index < -0.39 is 0 Å². The van der Waals surface area contributed by atoms with Gasteiger partial charge in [-0.15, -0.1) is 0 Å². The predicted octanol–water partition coefficient (Wildman–Crippen LogP) is 5.18. The monoisotopic (exact) mass is 393 g/mol. The summed E-state index contributed by atoms with van der Waals surface area (Å²) in [5, 5.41) is 6.80. The Morgan fingerprint density at radius 2 is 1.79 bits per heavy atom. The van der Waals surface area contributed by atoms with Crippen molar-refractivity contribution in [2.24, 2.45) is 5.73 Å². The molecule has 2 heterocycles. The Kier molecular flexibility index (Phi) is 6.44. The molecule has 6 heteroatoms. The lowest BCUT2D eigenvalue weighted by atomic mass is 10.1. The van der Waals surface area contributed by atoms with Crippen molar-refractivity contribution >= 4 is 17.3 Å². The van der Waals surface area contributed by atoms with Gasteiger partial charge in [0.2, 0.25) is 0 Å². The minimum Gasteiger partial charge on any atom is -0.366 e. The molecule has 29 heavy (non-hydrogen) atoms. The summed E-state index contributed by atoms with van der Waals surface area (Å²) in [6.45, 7) is 8.13. The maximum absolute atomic E-state index is 14.1. The molecule has 0 spiro atoms. The van der Waals surface area contributed by atoms with E-state index >= 15 is 0 Å². The second-order valence-corrected chi connectivity index (χ2v) is 7.37. The minimum absolute atomic E-state index is 0.0161. The van der Waals surface area contributed by atoms with Gasteiger partial charge < -0.3 is 16.4 Å². The van der Waals surface area contributed by atoms with Crippen LogP contribution < -0.4 is 16.4 Å². The van der Waals surface area contributed by atoms with Crippen LogP contribution in [0.25, 0.3) is 11.3 Å². The first-order valence-corrected chi connectivity index (χ1v) is 9.87. The van der Waals surface area contributed by atoms with Crippen LogP contribution in [0.4, 0.5) is 21.7 Å². The van der Waals surface area contributed by atoms with E-state index in [4.69, 9.17) is 10.7 Å². The van der Waals surface area contributed by atoms with Crippen LogP contribution in [0.2, 0.25) is 0 Å². The fourth-order valence-electron chi connectivity index (χ4n) is 3.26. The number of halogens is 1. The van der Waals surface area contributed by atoms with Gasteiger partial charge in [0.25, 0.3) is 0 Å². The zero-order chi connectivity index (χ0) is 21.0. The van der Waals surface area contributed by atoms with Crippen LogP contribution in [0.5, 0.6) is 0 Å². The summed E-state index contributed by atoms with van der Waals surface area (Å²) in [6.07, 6.45) is 2.57. The van der Waals surface area contributed by atoms with Gasteiger partial charge in [-0.05, 0) is 68.7 Å². The van der Waals surface area contributed by atoms with Crippen molar-refractivity contribution in [3.8, 4) is 11.3 Å². The lowest BCUT2D eigenvalue weighted by Crippen LogP contribution is -2.37. The van der Waals surface area contributed by atoms with Crippen molar-refractivity contribution in [3.63, 3.8) is 0 Å². The summed E-state index contributed by atoms with van der Waals surface area (Å²) in [5.41, 5.74) is 9.99. The van der Waals surface area contributed by atoms with Crippen LogP contribution in [0.15, 0.2) is 48.7 Å². The van der Waals surface area contributed by atoms with Gasteiger partial charge in [0.15, 0.2) is 0 Å². The first-order chi connectivity index (χ1) is 13.9. The Hall–Kier alpha value is -2.99. The van der Waals surface area contributed by atoms with Crippen molar-refractivity contribution in [1.82, 2.24) is 9.97 Å². The Morgan fingerprint density at radius 1 is 1.07 bits per heavy atom. The fraction of sp³-hybridized carbons (Fsp3) is 0.304. The largest absolute Gasteiger partial charge is 0.366 e. The number of pyridine rings is 2. The Balaban J connectivity index is 1.89. The highest BCUT2D eigenvalue weighted by Crippen LogP contribution is 2.27. The second kappa shape index (κ2) is 9.01. The predicted molar refractivity (Wildman–Crippen MR) is 118 cm³/mol. The van der Waals surface area contributed by atoms with Crippen molar-refractivity contribution in [1.29, 1.82) is 0 Å². The molecule has 1 aromatic carbocycles. The highest BCUT2D eigenvalue weighted by atomic mass is 19.1. The molecule has 0 amide bonds.